The lowest BCUT2D eigenvalue weighted by Gasteiger charge is -2.35. The molecule has 1 aromatic carbocycles. The number of H-pyrrole nitrogens is 1. The SMILES string of the molecule is O[C@@H]1C[C@H]2CN(Cc3ccn[nH]3)C[C@H]2C[C@H]1Oc1ccc2c(c1)OCO2. The summed E-state index contributed by atoms with van der Waals surface area (Å²) in [6.45, 7) is 3.20. The third-order valence-corrected chi connectivity index (χ3v) is 5.74. The van der Waals surface area contributed by atoms with Crippen molar-refractivity contribution in [2.75, 3.05) is 19.9 Å². The fourth-order valence-electron chi connectivity index (χ4n) is 4.48. The monoisotopic (exact) mass is 357 g/mol. The molecule has 0 spiro atoms. The average molecular weight is 357 g/mol. The molecule has 2 aliphatic heterocycles. The van der Waals surface area contributed by atoms with Crippen molar-refractivity contribution >= 4 is 0 Å². The summed E-state index contributed by atoms with van der Waals surface area (Å²) in [5, 5.41) is 17.6. The molecule has 3 heterocycles. The lowest BCUT2D eigenvalue weighted by Crippen LogP contribution is -2.42. The number of rotatable bonds is 4. The zero-order chi connectivity index (χ0) is 17.5. The second-order valence-corrected chi connectivity index (χ2v) is 7.51. The lowest BCUT2D eigenvalue weighted by atomic mass is 9.78. The molecule has 3 aliphatic rings. The number of fused-ring (bicyclic) bond motifs is 2. The molecular formula is C19H23N3O4. The van der Waals surface area contributed by atoms with Crippen molar-refractivity contribution in [2.24, 2.45) is 11.8 Å². The second-order valence-electron chi connectivity index (χ2n) is 7.51. The van der Waals surface area contributed by atoms with Crippen molar-refractivity contribution < 1.29 is 19.3 Å². The number of ether oxygens (including phenoxy) is 3. The first-order valence-corrected chi connectivity index (χ1v) is 9.19. The number of likely N-dealkylation sites (tertiary alicyclic amines) is 1. The van der Waals surface area contributed by atoms with Crippen LogP contribution in [0.5, 0.6) is 17.2 Å². The zero-order valence-corrected chi connectivity index (χ0v) is 14.5. The predicted octanol–water partition coefficient (Wildman–Crippen LogP) is 1.79. The maximum Gasteiger partial charge on any atom is 0.231 e. The molecule has 26 heavy (non-hydrogen) atoms. The number of hydrogen-bond acceptors (Lipinski definition) is 6. The van der Waals surface area contributed by atoms with Gasteiger partial charge in [-0.1, -0.05) is 0 Å². The Morgan fingerprint density at radius 2 is 2.00 bits per heavy atom. The van der Waals surface area contributed by atoms with Crippen LogP contribution in [0.15, 0.2) is 30.5 Å². The Labute approximate surface area is 151 Å². The van der Waals surface area contributed by atoms with Gasteiger partial charge in [-0.15, -0.1) is 0 Å². The molecule has 4 atom stereocenters. The molecule has 0 radical (unpaired) electrons. The van der Waals surface area contributed by atoms with E-state index >= 15 is 0 Å². The first-order chi connectivity index (χ1) is 12.7. The summed E-state index contributed by atoms with van der Waals surface area (Å²) in [6, 6.07) is 7.60. The minimum atomic E-state index is -0.436. The fraction of sp³-hybridized carbons (Fsp3) is 0.526. The van der Waals surface area contributed by atoms with E-state index < -0.39 is 6.10 Å². The van der Waals surface area contributed by atoms with E-state index in [0.29, 0.717) is 17.6 Å². The molecule has 0 bridgehead atoms. The average Bonchev–Trinajstić information content (AvgIpc) is 3.35. The van der Waals surface area contributed by atoms with Crippen LogP contribution in [0, 0.1) is 11.8 Å². The lowest BCUT2D eigenvalue weighted by molar-refractivity contribution is -0.0232. The van der Waals surface area contributed by atoms with E-state index in [-0.39, 0.29) is 12.9 Å². The molecule has 1 aromatic heterocycles. The third-order valence-electron chi connectivity index (χ3n) is 5.74. The van der Waals surface area contributed by atoms with Crippen molar-refractivity contribution in [3.63, 3.8) is 0 Å². The Balaban J connectivity index is 1.23. The number of aliphatic hydroxyl groups excluding tert-OH is 1. The van der Waals surface area contributed by atoms with Crippen LogP contribution in [0.25, 0.3) is 0 Å². The first-order valence-electron chi connectivity index (χ1n) is 9.19. The third kappa shape index (κ3) is 3.01. The van der Waals surface area contributed by atoms with Gasteiger partial charge in [-0.25, -0.2) is 0 Å². The molecule has 138 valence electrons. The molecular weight excluding hydrogens is 334 g/mol. The Kier molecular flexibility index (Phi) is 3.98. The summed E-state index contributed by atoms with van der Waals surface area (Å²) in [6.07, 6.45) is 2.84. The molecule has 0 unspecified atom stereocenters. The van der Waals surface area contributed by atoms with E-state index in [1.54, 1.807) is 6.20 Å². The van der Waals surface area contributed by atoms with Gasteiger partial charge in [-0.05, 0) is 42.9 Å². The Bertz CT molecular complexity index is 766. The van der Waals surface area contributed by atoms with Gasteiger partial charge in [-0.2, -0.15) is 5.10 Å². The zero-order valence-electron chi connectivity index (χ0n) is 14.5. The first kappa shape index (κ1) is 16.0. The molecule has 5 rings (SSSR count). The molecule has 7 nitrogen and oxygen atoms in total. The summed E-state index contributed by atoms with van der Waals surface area (Å²) in [4.78, 5) is 2.44. The molecule has 0 amide bonds. The van der Waals surface area contributed by atoms with E-state index in [1.807, 2.05) is 24.3 Å². The van der Waals surface area contributed by atoms with Crippen molar-refractivity contribution in [2.45, 2.75) is 31.6 Å². The second kappa shape index (κ2) is 6.48. The predicted molar refractivity (Wildman–Crippen MR) is 93.1 cm³/mol. The minimum absolute atomic E-state index is 0.177. The van der Waals surface area contributed by atoms with E-state index in [4.69, 9.17) is 14.2 Å². The van der Waals surface area contributed by atoms with Crippen molar-refractivity contribution in [1.82, 2.24) is 15.1 Å². The molecule has 1 aliphatic carbocycles. The topological polar surface area (TPSA) is 79.8 Å². The van der Waals surface area contributed by atoms with Crippen LogP contribution >= 0.6 is 0 Å². The number of nitrogens with one attached hydrogen (secondary N) is 1. The van der Waals surface area contributed by atoms with Crippen molar-refractivity contribution in [3.05, 3.63) is 36.2 Å². The van der Waals surface area contributed by atoms with Crippen molar-refractivity contribution in [1.29, 1.82) is 0 Å². The van der Waals surface area contributed by atoms with Crippen LogP contribution in [0.3, 0.4) is 0 Å². The standard InChI is InChI=1S/C19H23N3O4/c23-16-5-12-8-22(10-14-3-4-20-21-14)9-13(12)6-18(16)26-15-1-2-17-19(7-15)25-11-24-17/h1-4,7,12-13,16,18,23H,5-6,8-11H2,(H,20,21)/t12-,13+,16+,18+/m0/s1. The minimum Gasteiger partial charge on any atom is -0.488 e. The van der Waals surface area contributed by atoms with Crippen LogP contribution in [-0.2, 0) is 6.54 Å². The van der Waals surface area contributed by atoms with Gasteiger partial charge in [0.05, 0.1) is 6.10 Å². The summed E-state index contributed by atoms with van der Waals surface area (Å²) in [5.74, 6) is 3.26. The number of aromatic nitrogens is 2. The van der Waals surface area contributed by atoms with Crippen LogP contribution in [0.4, 0.5) is 0 Å². The van der Waals surface area contributed by atoms with E-state index in [2.05, 4.69) is 15.1 Å². The number of hydrogen-bond donors (Lipinski definition) is 2. The van der Waals surface area contributed by atoms with Gasteiger partial charge < -0.3 is 19.3 Å². The van der Waals surface area contributed by atoms with Crippen LogP contribution in [-0.4, -0.2) is 52.3 Å². The Morgan fingerprint density at radius 3 is 2.85 bits per heavy atom. The van der Waals surface area contributed by atoms with E-state index in [1.165, 1.54) is 0 Å². The van der Waals surface area contributed by atoms with Gasteiger partial charge >= 0.3 is 0 Å². The number of aliphatic hydroxyl groups is 1. The van der Waals surface area contributed by atoms with Gasteiger partial charge in [0.25, 0.3) is 0 Å². The maximum absolute atomic E-state index is 10.6. The smallest absolute Gasteiger partial charge is 0.231 e. The summed E-state index contributed by atoms with van der Waals surface area (Å²) in [5.41, 5.74) is 1.14. The highest BCUT2D eigenvalue weighted by molar-refractivity contribution is 5.47. The normalized spacial score (nSPS) is 30.3. The summed E-state index contributed by atoms with van der Waals surface area (Å²) < 4.78 is 16.9. The molecule has 1 saturated heterocycles. The molecule has 1 saturated carbocycles. The van der Waals surface area contributed by atoms with Crippen molar-refractivity contribution in [3.8, 4) is 17.2 Å². The highest BCUT2D eigenvalue weighted by Gasteiger charge is 2.42. The van der Waals surface area contributed by atoms with Gasteiger partial charge in [0.2, 0.25) is 6.79 Å². The van der Waals surface area contributed by atoms with Crippen LogP contribution < -0.4 is 14.2 Å². The quantitative estimate of drug-likeness (QED) is 0.868. The van der Waals surface area contributed by atoms with Crippen LogP contribution in [0.2, 0.25) is 0 Å². The summed E-state index contributed by atoms with van der Waals surface area (Å²) >= 11 is 0. The van der Waals surface area contributed by atoms with E-state index in [0.717, 1.165) is 49.7 Å². The molecule has 2 aromatic rings. The van der Waals surface area contributed by atoms with Gasteiger partial charge in [0.15, 0.2) is 11.5 Å². The fourth-order valence-corrected chi connectivity index (χ4v) is 4.48. The van der Waals surface area contributed by atoms with Gasteiger partial charge in [0.1, 0.15) is 11.9 Å². The molecule has 7 heteroatoms. The largest absolute Gasteiger partial charge is 0.488 e. The maximum atomic E-state index is 10.6. The highest BCUT2D eigenvalue weighted by Crippen LogP contribution is 2.40. The number of aromatic amines is 1. The Hall–Kier alpha value is -2.25. The van der Waals surface area contributed by atoms with Crippen LogP contribution in [0.1, 0.15) is 18.5 Å². The number of nitrogens with zero attached hydrogens (tertiary/aromatic N) is 2. The molecule has 2 fully saturated rings. The van der Waals surface area contributed by atoms with Gasteiger partial charge in [0, 0.05) is 37.6 Å². The van der Waals surface area contributed by atoms with Gasteiger partial charge in [-0.3, -0.25) is 10.00 Å². The Morgan fingerprint density at radius 1 is 1.15 bits per heavy atom. The number of benzene rings is 1. The molecule has 2 N–H and O–H groups in total. The van der Waals surface area contributed by atoms with E-state index in [9.17, 15) is 5.11 Å². The highest BCUT2D eigenvalue weighted by atomic mass is 16.7. The summed E-state index contributed by atoms with van der Waals surface area (Å²) in [7, 11) is 0.